The molecule has 1 fully saturated rings. The molecule has 0 atom stereocenters. The number of piperazine rings is 1. The third-order valence-electron chi connectivity index (χ3n) is 4.74. The fraction of sp³-hybridized carbons (Fsp3) is 0.250. The van der Waals surface area contributed by atoms with Crippen LogP contribution in [0, 0.1) is 11.6 Å². The Balaban J connectivity index is 1.29. The number of hydrogen-bond donors (Lipinski definition) is 1. The molecule has 3 heterocycles. The summed E-state index contributed by atoms with van der Waals surface area (Å²) in [7, 11) is 0. The minimum absolute atomic E-state index is 0.167. The fourth-order valence-corrected chi connectivity index (χ4v) is 4.02. The Morgan fingerprint density at radius 1 is 1.13 bits per heavy atom. The molecule has 156 valence electrons. The van der Waals surface area contributed by atoms with Crippen LogP contribution < -0.4 is 10.2 Å². The molecule has 0 spiro atoms. The number of nitrogens with one attached hydrogen (secondary N) is 1. The number of carbonyl (C=O) groups excluding carboxylic acids is 1. The van der Waals surface area contributed by atoms with Crippen molar-refractivity contribution in [2.24, 2.45) is 0 Å². The Morgan fingerprint density at radius 2 is 1.93 bits per heavy atom. The van der Waals surface area contributed by atoms with Crippen molar-refractivity contribution in [3.8, 4) is 11.3 Å². The predicted octanol–water partition coefficient (Wildman–Crippen LogP) is 3.90. The van der Waals surface area contributed by atoms with Crippen molar-refractivity contribution in [2.45, 2.75) is 0 Å². The van der Waals surface area contributed by atoms with E-state index in [1.165, 1.54) is 17.4 Å². The van der Waals surface area contributed by atoms with Gasteiger partial charge in [-0.2, -0.15) is 0 Å². The molecule has 0 unspecified atom stereocenters. The van der Waals surface area contributed by atoms with E-state index < -0.39 is 11.6 Å². The number of hydrogen-bond acceptors (Lipinski definition) is 6. The molecule has 1 aliphatic heterocycles. The van der Waals surface area contributed by atoms with E-state index >= 15 is 0 Å². The molecular weight excluding hydrogens is 432 g/mol. The van der Waals surface area contributed by atoms with Crippen molar-refractivity contribution < 1.29 is 13.6 Å². The highest BCUT2D eigenvalue weighted by Crippen LogP contribution is 2.26. The molecule has 6 nitrogen and oxygen atoms in total. The molecule has 0 radical (unpaired) electrons. The lowest BCUT2D eigenvalue weighted by Crippen LogP contribution is -2.48. The molecule has 1 saturated heterocycles. The molecule has 3 aromatic rings. The molecule has 0 saturated carbocycles. The van der Waals surface area contributed by atoms with Gasteiger partial charge in [-0.15, -0.1) is 11.3 Å². The van der Waals surface area contributed by atoms with Crippen LogP contribution in [0.4, 0.5) is 19.7 Å². The first kappa shape index (κ1) is 20.6. The second-order valence-corrected chi connectivity index (χ2v) is 8.11. The van der Waals surface area contributed by atoms with Crippen molar-refractivity contribution in [1.82, 2.24) is 14.9 Å². The standard InChI is InChI=1S/C20H18ClF2N5OS/c21-14-2-4-18(24-10-14)28-7-5-27(6-8-28)11-19(29)26-20-25-17(12-30-20)13-1-3-15(22)16(23)9-13/h1-4,9-10,12H,5-8,11H2,(H,25,26,29). The highest BCUT2D eigenvalue weighted by atomic mass is 35.5. The number of anilines is 2. The topological polar surface area (TPSA) is 61.4 Å². The average Bonchev–Trinajstić information content (AvgIpc) is 3.19. The molecule has 0 bridgehead atoms. The number of rotatable bonds is 5. The van der Waals surface area contributed by atoms with Gasteiger partial charge in [-0.3, -0.25) is 9.69 Å². The van der Waals surface area contributed by atoms with Crippen molar-refractivity contribution in [3.63, 3.8) is 0 Å². The first-order chi connectivity index (χ1) is 14.5. The van der Waals surface area contributed by atoms with Gasteiger partial charge in [0.2, 0.25) is 5.91 Å². The maximum Gasteiger partial charge on any atom is 0.240 e. The van der Waals surface area contributed by atoms with E-state index in [-0.39, 0.29) is 12.5 Å². The lowest BCUT2D eigenvalue weighted by molar-refractivity contribution is -0.117. The molecule has 30 heavy (non-hydrogen) atoms. The number of nitrogens with zero attached hydrogens (tertiary/aromatic N) is 4. The van der Waals surface area contributed by atoms with Crippen molar-refractivity contribution in [3.05, 3.63) is 58.6 Å². The first-order valence-electron chi connectivity index (χ1n) is 9.27. The number of amides is 1. The van der Waals surface area contributed by atoms with E-state index in [4.69, 9.17) is 11.6 Å². The summed E-state index contributed by atoms with van der Waals surface area (Å²) in [5, 5.41) is 5.49. The average molecular weight is 450 g/mol. The number of halogens is 3. The first-order valence-corrected chi connectivity index (χ1v) is 10.5. The Hall–Kier alpha value is -2.62. The van der Waals surface area contributed by atoms with E-state index in [0.717, 1.165) is 44.1 Å². The minimum atomic E-state index is -0.931. The minimum Gasteiger partial charge on any atom is -0.354 e. The second kappa shape index (κ2) is 9.03. The van der Waals surface area contributed by atoms with Crippen LogP contribution in [0.15, 0.2) is 41.9 Å². The summed E-state index contributed by atoms with van der Waals surface area (Å²) in [6.45, 7) is 3.24. The van der Waals surface area contributed by atoms with Crippen molar-refractivity contribution >= 4 is 39.8 Å². The Bertz CT molecular complexity index is 1040. The highest BCUT2D eigenvalue weighted by Gasteiger charge is 2.20. The predicted molar refractivity (Wildman–Crippen MR) is 114 cm³/mol. The molecule has 10 heteroatoms. The molecule has 0 aliphatic carbocycles. The van der Waals surface area contributed by atoms with Crippen LogP contribution in [0.1, 0.15) is 0 Å². The largest absolute Gasteiger partial charge is 0.354 e. The summed E-state index contributed by atoms with van der Waals surface area (Å²) in [5.74, 6) is -1.14. The van der Waals surface area contributed by atoms with Gasteiger partial charge in [0.1, 0.15) is 5.82 Å². The number of carbonyl (C=O) groups is 1. The molecule has 1 amide bonds. The van der Waals surface area contributed by atoms with Gasteiger partial charge in [0.05, 0.1) is 17.3 Å². The second-order valence-electron chi connectivity index (χ2n) is 6.81. The van der Waals surface area contributed by atoms with Gasteiger partial charge in [-0.05, 0) is 30.3 Å². The molecule has 2 aromatic heterocycles. The van der Waals surface area contributed by atoms with Gasteiger partial charge in [-0.1, -0.05) is 11.6 Å². The van der Waals surface area contributed by atoms with Crippen LogP contribution in [0.25, 0.3) is 11.3 Å². The summed E-state index contributed by atoms with van der Waals surface area (Å²) < 4.78 is 26.5. The zero-order valence-electron chi connectivity index (χ0n) is 15.8. The van der Waals surface area contributed by atoms with Crippen LogP contribution in [0.5, 0.6) is 0 Å². The number of aromatic nitrogens is 2. The summed E-state index contributed by atoms with van der Waals surface area (Å²) in [6, 6.07) is 7.30. The molecule has 1 aliphatic rings. The summed E-state index contributed by atoms with van der Waals surface area (Å²) in [4.78, 5) is 25.2. The maximum atomic E-state index is 13.4. The van der Waals surface area contributed by atoms with E-state index in [1.54, 1.807) is 11.6 Å². The molecule has 1 aromatic carbocycles. The van der Waals surface area contributed by atoms with Crippen LogP contribution >= 0.6 is 22.9 Å². The van der Waals surface area contributed by atoms with Gasteiger partial charge in [0.15, 0.2) is 16.8 Å². The maximum absolute atomic E-state index is 13.4. The summed E-state index contributed by atoms with van der Waals surface area (Å²) >= 11 is 7.12. The highest BCUT2D eigenvalue weighted by molar-refractivity contribution is 7.14. The summed E-state index contributed by atoms with van der Waals surface area (Å²) in [5.41, 5.74) is 0.941. The summed E-state index contributed by atoms with van der Waals surface area (Å²) in [6.07, 6.45) is 1.62. The quantitative estimate of drug-likeness (QED) is 0.640. The van der Waals surface area contributed by atoms with Crippen LogP contribution in [0.2, 0.25) is 5.02 Å². The lowest BCUT2D eigenvalue weighted by Gasteiger charge is -2.34. The third-order valence-corrected chi connectivity index (χ3v) is 5.72. The Kier molecular flexibility index (Phi) is 6.21. The van der Waals surface area contributed by atoms with Gasteiger partial charge < -0.3 is 10.2 Å². The Labute approximate surface area is 181 Å². The molecule has 4 rings (SSSR count). The third kappa shape index (κ3) is 4.92. The number of thiazole rings is 1. The Morgan fingerprint density at radius 3 is 2.63 bits per heavy atom. The van der Waals surface area contributed by atoms with E-state index in [2.05, 4.69) is 25.1 Å². The zero-order valence-corrected chi connectivity index (χ0v) is 17.4. The van der Waals surface area contributed by atoms with Crippen LogP contribution in [-0.4, -0.2) is 53.5 Å². The SMILES string of the molecule is O=C(CN1CCN(c2ccc(Cl)cn2)CC1)Nc1nc(-c2ccc(F)c(F)c2)cs1. The van der Waals surface area contributed by atoms with Crippen molar-refractivity contribution in [2.75, 3.05) is 42.9 Å². The van der Waals surface area contributed by atoms with Gasteiger partial charge >= 0.3 is 0 Å². The molecule has 1 N–H and O–H groups in total. The van der Waals surface area contributed by atoms with Gasteiger partial charge in [0, 0.05) is 43.3 Å². The number of benzene rings is 1. The van der Waals surface area contributed by atoms with E-state index in [0.29, 0.717) is 21.4 Å². The van der Waals surface area contributed by atoms with Crippen LogP contribution in [0.3, 0.4) is 0 Å². The van der Waals surface area contributed by atoms with Crippen LogP contribution in [-0.2, 0) is 4.79 Å². The van der Waals surface area contributed by atoms with E-state index in [1.807, 2.05) is 12.1 Å². The van der Waals surface area contributed by atoms with Gasteiger partial charge in [-0.25, -0.2) is 18.7 Å². The van der Waals surface area contributed by atoms with E-state index in [9.17, 15) is 13.6 Å². The normalized spacial score (nSPS) is 14.7. The molecular formula is C20H18ClF2N5OS. The van der Waals surface area contributed by atoms with Gasteiger partial charge in [0.25, 0.3) is 0 Å². The number of pyridine rings is 1. The zero-order chi connectivity index (χ0) is 21.1. The lowest BCUT2D eigenvalue weighted by atomic mass is 10.2. The smallest absolute Gasteiger partial charge is 0.240 e. The monoisotopic (exact) mass is 449 g/mol. The fourth-order valence-electron chi connectivity index (χ4n) is 3.17. The van der Waals surface area contributed by atoms with Crippen molar-refractivity contribution in [1.29, 1.82) is 0 Å².